The number of hydrogen-bond donors (Lipinski definition) is 3. The number of rotatable bonds is 4. The van der Waals surface area contributed by atoms with E-state index >= 15 is 0 Å². The van der Waals surface area contributed by atoms with Gasteiger partial charge in [0.1, 0.15) is 6.10 Å². The van der Waals surface area contributed by atoms with Gasteiger partial charge in [-0.05, 0) is 6.07 Å². The van der Waals surface area contributed by atoms with Crippen LogP contribution >= 0.6 is 22.9 Å². The number of aliphatic hydroxyl groups is 1. The second-order valence-electron chi connectivity index (χ2n) is 3.86. The molecule has 0 aliphatic carbocycles. The van der Waals surface area contributed by atoms with E-state index in [-0.39, 0.29) is 6.54 Å². The number of anilines is 1. The van der Waals surface area contributed by atoms with E-state index in [1.165, 1.54) is 11.3 Å². The van der Waals surface area contributed by atoms with Gasteiger partial charge in [-0.3, -0.25) is 4.68 Å². The highest BCUT2D eigenvalue weighted by Gasteiger charge is 2.13. The molecular weight excluding hydrogens is 288 g/mol. The Morgan fingerprint density at radius 1 is 1.63 bits per heavy atom. The lowest BCUT2D eigenvalue weighted by molar-refractivity contribution is 0.166. The van der Waals surface area contributed by atoms with Crippen LogP contribution in [0.25, 0.3) is 0 Å². The molecule has 1 unspecified atom stereocenters. The van der Waals surface area contributed by atoms with Gasteiger partial charge in [-0.1, -0.05) is 11.6 Å². The molecule has 8 heteroatoms. The number of thiophene rings is 1. The maximum atomic E-state index is 11.6. The van der Waals surface area contributed by atoms with Gasteiger partial charge in [0, 0.05) is 24.0 Å². The zero-order chi connectivity index (χ0) is 13.8. The SMILES string of the molecule is Cn1nccc1C(O)CNC(=O)Nc1cscc1Cl. The molecule has 0 radical (unpaired) electrons. The molecule has 0 saturated heterocycles. The standard InChI is InChI=1S/C11H13ClN4O2S/c1-16-9(2-3-14-16)10(17)4-13-11(18)15-8-6-19-5-7(8)12/h2-3,5-6,10,17H,4H2,1H3,(H2,13,15,18). The highest BCUT2D eigenvalue weighted by atomic mass is 35.5. The number of amides is 2. The van der Waals surface area contributed by atoms with Crippen molar-refractivity contribution in [1.29, 1.82) is 0 Å². The van der Waals surface area contributed by atoms with Crippen LogP contribution in [0.4, 0.5) is 10.5 Å². The quantitative estimate of drug-likeness (QED) is 0.808. The minimum absolute atomic E-state index is 0.0904. The van der Waals surface area contributed by atoms with E-state index in [2.05, 4.69) is 15.7 Å². The summed E-state index contributed by atoms with van der Waals surface area (Å²) in [6, 6.07) is 1.28. The van der Waals surface area contributed by atoms with Crippen LogP contribution in [0.1, 0.15) is 11.8 Å². The number of carbonyl (C=O) groups is 1. The zero-order valence-corrected chi connectivity index (χ0v) is 11.7. The summed E-state index contributed by atoms with van der Waals surface area (Å²) in [4.78, 5) is 11.6. The van der Waals surface area contributed by atoms with Crippen molar-refractivity contribution in [2.45, 2.75) is 6.10 Å². The maximum absolute atomic E-state index is 11.6. The molecule has 0 bridgehead atoms. The lowest BCUT2D eigenvalue weighted by Gasteiger charge is -2.12. The third-order valence-electron chi connectivity index (χ3n) is 2.52. The van der Waals surface area contributed by atoms with Crippen molar-refractivity contribution in [1.82, 2.24) is 15.1 Å². The zero-order valence-electron chi connectivity index (χ0n) is 10.1. The number of halogens is 1. The van der Waals surface area contributed by atoms with Crippen LogP contribution < -0.4 is 10.6 Å². The average molecular weight is 301 g/mol. The van der Waals surface area contributed by atoms with E-state index in [4.69, 9.17) is 11.6 Å². The molecule has 19 heavy (non-hydrogen) atoms. The summed E-state index contributed by atoms with van der Waals surface area (Å²) >= 11 is 7.25. The van der Waals surface area contributed by atoms with Gasteiger partial charge in [-0.15, -0.1) is 11.3 Å². The van der Waals surface area contributed by atoms with Crippen molar-refractivity contribution >= 4 is 34.7 Å². The second-order valence-corrected chi connectivity index (χ2v) is 5.01. The molecule has 0 saturated carbocycles. The number of nitrogens with one attached hydrogen (secondary N) is 2. The summed E-state index contributed by atoms with van der Waals surface area (Å²) in [6.07, 6.45) is 0.778. The molecule has 102 valence electrons. The Labute approximate surface area is 119 Å². The summed E-state index contributed by atoms with van der Waals surface area (Å²) in [5, 5.41) is 23.0. The predicted molar refractivity (Wildman–Crippen MR) is 74.5 cm³/mol. The van der Waals surface area contributed by atoms with Crippen molar-refractivity contribution < 1.29 is 9.90 Å². The largest absolute Gasteiger partial charge is 0.385 e. The van der Waals surface area contributed by atoms with Gasteiger partial charge < -0.3 is 15.7 Å². The Hall–Kier alpha value is -1.57. The Balaban J connectivity index is 1.84. The van der Waals surface area contributed by atoms with E-state index in [0.717, 1.165) is 0 Å². The Morgan fingerprint density at radius 3 is 3.00 bits per heavy atom. The molecule has 0 aliphatic rings. The molecule has 0 fully saturated rings. The first-order valence-electron chi connectivity index (χ1n) is 5.50. The van der Waals surface area contributed by atoms with Crippen molar-refractivity contribution in [3.8, 4) is 0 Å². The molecule has 3 N–H and O–H groups in total. The van der Waals surface area contributed by atoms with Crippen LogP contribution in [-0.2, 0) is 7.05 Å². The molecule has 2 rings (SSSR count). The lowest BCUT2D eigenvalue weighted by Crippen LogP contribution is -2.32. The Kier molecular flexibility index (Phi) is 4.41. The first-order valence-corrected chi connectivity index (χ1v) is 6.82. The minimum atomic E-state index is -0.809. The number of nitrogens with zero attached hydrogens (tertiary/aromatic N) is 2. The summed E-state index contributed by atoms with van der Waals surface area (Å²) < 4.78 is 1.56. The van der Waals surface area contributed by atoms with Crippen LogP contribution in [0, 0.1) is 0 Å². The molecule has 2 heterocycles. The topological polar surface area (TPSA) is 79.2 Å². The number of aromatic nitrogens is 2. The maximum Gasteiger partial charge on any atom is 0.319 e. The fraction of sp³-hybridized carbons (Fsp3) is 0.273. The molecule has 0 aromatic carbocycles. The average Bonchev–Trinajstić information content (AvgIpc) is 2.96. The molecule has 6 nitrogen and oxygen atoms in total. The van der Waals surface area contributed by atoms with Gasteiger partial charge in [0.2, 0.25) is 0 Å². The number of aliphatic hydroxyl groups excluding tert-OH is 1. The van der Waals surface area contributed by atoms with Crippen molar-refractivity contribution in [3.05, 3.63) is 33.7 Å². The van der Waals surface area contributed by atoms with Crippen LogP contribution in [0.2, 0.25) is 5.02 Å². The summed E-state index contributed by atoms with van der Waals surface area (Å²) in [7, 11) is 1.73. The third-order valence-corrected chi connectivity index (χ3v) is 3.70. The Morgan fingerprint density at radius 2 is 2.42 bits per heavy atom. The lowest BCUT2D eigenvalue weighted by atomic mass is 10.2. The van der Waals surface area contributed by atoms with Gasteiger partial charge in [-0.2, -0.15) is 5.10 Å². The summed E-state index contributed by atoms with van der Waals surface area (Å²) in [6.45, 7) is 0.0904. The van der Waals surface area contributed by atoms with Gasteiger partial charge in [0.15, 0.2) is 0 Å². The van der Waals surface area contributed by atoms with Crippen molar-refractivity contribution in [2.75, 3.05) is 11.9 Å². The number of hydrogen-bond acceptors (Lipinski definition) is 4. The Bertz CT molecular complexity index is 569. The number of urea groups is 1. The van der Waals surface area contributed by atoms with Crippen LogP contribution in [0.15, 0.2) is 23.0 Å². The monoisotopic (exact) mass is 300 g/mol. The summed E-state index contributed by atoms with van der Waals surface area (Å²) in [5.74, 6) is 0. The third kappa shape index (κ3) is 3.46. The molecule has 2 aromatic heterocycles. The van der Waals surface area contributed by atoms with Gasteiger partial charge in [0.25, 0.3) is 0 Å². The fourth-order valence-corrected chi connectivity index (χ4v) is 2.50. The second kappa shape index (κ2) is 6.05. The van der Waals surface area contributed by atoms with Gasteiger partial charge in [0.05, 0.1) is 22.9 Å². The first-order chi connectivity index (χ1) is 9.08. The molecule has 1 atom stereocenters. The molecule has 0 aliphatic heterocycles. The highest BCUT2D eigenvalue weighted by molar-refractivity contribution is 7.09. The van der Waals surface area contributed by atoms with Crippen LogP contribution in [0.5, 0.6) is 0 Å². The fourth-order valence-electron chi connectivity index (χ4n) is 1.54. The highest BCUT2D eigenvalue weighted by Crippen LogP contribution is 2.25. The van der Waals surface area contributed by atoms with E-state index < -0.39 is 12.1 Å². The van der Waals surface area contributed by atoms with E-state index in [1.807, 2.05) is 0 Å². The number of carbonyl (C=O) groups excluding carboxylic acids is 1. The summed E-state index contributed by atoms with van der Waals surface area (Å²) in [5.41, 5.74) is 1.19. The smallest absolute Gasteiger partial charge is 0.319 e. The van der Waals surface area contributed by atoms with Crippen molar-refractivity contribution in [3.63, 3.8) is 0 Å². The molecule has 2 aromatic rings. The first kappa shape index (κ1) is 13.9. The normalized spacial score (nSPS) is 12.2. The number of aryl methyl sites for hydroxylation is 1. The van der Waals surface area contributed by atoms with E-state index in [0.29, 0.717) is 16.4 Å². The van der Waals surface area contributed by atoms with Gasteiger partial charge in [-0.25, -0.2) is 4.79 Å². The molecule has 0 spiro atoms. The molecule has 2 amide bonds. The predicted octanol–water partition coefficient (Wildman–Crippen LogP) is 1.99. The van der Waals surface area contributed by atoms with Crippen LogP contribution in [0.3, 0.4) is 0 Å². The van der Waals surface area contributed by atoms with E-state index in [9.17, 15) is 9.90 Å². The van der Waals surface area contributed by atoms with Crippen LogP contribution in [-0.4, -0.2) is 27.5 Å². The minimum Gasteiger partial charge on any atom is -0.385 e. The van der Waals surface area contributed by atoms with E-state index in [1.54, 1.807) is 34.8 Å². The van der Waals surface area contributed by atoms with Gasteiger partial charge >= 0.3 is 6.03 Å². The molecular formula is C11H13ClN4O2S. The van der Waals surface area contributed by atoms with Crippen molar-refractivity contribution in [2.24, 2.45) is 7.05 Å².